The third-order valence-corrected chi connectivity index (χ3v) is 4.92. The number of fused-ring (bicyclic) bond motifs is 1. The summed E-state index contributed by atoms with van der Waals surface area (Å²) in [4.78, 5) is 12.2. The first kappa shape index (κ1) is 13.9. The lowest BCUT2D eigenvalue weighted by Crippen LogP contribution is -2.36. The summed E-state index contributed by atoms with van der Waals surface area (Å²) in [6.45, 7) is 3.19. The maximum absolute atomic E-state index is 6.15. The Labute approximate surface area is 137 Å². The van der Waals surface area contributed by atoms with Gasteiger partial charge in [-0.15, -0.1) is 11.3 Å². The molecule has 0 spiro atoms. The summed E-state index contributed by atoms with van der Waals surface area (Å²) in [6, 6.07) is 7.92. The minimum absolute atomic E-state index is 0.738. The Balaban J connectivity index is 1.89. The fourth-order valence-electron chi connectivity index (χ4n) is 2.74. The van der Waals surface area contributed by atoms with Crippen molar-refractivity contribution in [2.24, 2.45) is 0 Å². The van der Waals surface area contributed by atoms with Crippen molar-refractivity contribution < 1.29 is 4.74 Å². The molecule has 1 aromatic carbocycles. The molecule has 0 unspecified atom stereocenters. The normalized spacial score (nSPS) is 15.4. The van der Waals surface area contributed by atoms with Crippen molar-refractivity contribution >= 4 is 39.0 Å². The number of rotatable bonds is 2. The standard InChI is InChI=1S/C16H14ClN3OS/c17-12-3-1-2-11(8-12)13-9-22-16-14(13)15(18-10-19-16)20-4-6-21-7-5-20/h1-3,8-10H,4-7H2. The van der Waals surface area contributed by atoms with Crippen molar-refractivity contribution in [3.8, 4) is 11.1 Å². The van der Waals surface area contributed by atoms with E-state index >= 15 is 0 Å². The Morgan fingerprint density at radius 2 is 2.05 bits per heavy atom. The molecule has 1 saturated heterocycles. The molecule has 112 valence electrons. The van der Waals surface area contributed by atoms with Crippen LogP contribution in [0.2, 0.25) is 5.02 Å². The van der Waals surface area contributed by atoms with Crippen LogP contribution in [0.3, 0.4) is 0 Å². The lowest BCUT2D eigenvalue weighted by Gasteiger charge is -2.28. The highest BCUT2D eigenvalue weighted by Gasteiger charge is 2.19. The predicted molar refractivity (Wildman–Crippen MR) is 90.9 cm³/mol. The van der Waals surface area contributed by atoms with Gasteiger partial charge in [0.2, 0.25) is 0 Å². The third kappa shape index (κ3) is 2.45. The number of morpholine rings is 1. The Morgan fingerprint density at radius 1 is 1.18 bits per heavy atom. The fourth-order valence-corrected chi connectivity index (χ4v) is 3.84. The summed E-state index contributed by atoms with van der Waals surface area (Å²) in [5, 5.41) is 3.98. The van der Waals surface area contributed by atoms with Gasteiger partial charge in [0, 0.05) is 29.1 Å². The summed E-state index contributed by atoms with van der Waals surface area (Å²) >= 11 is 7.79. The van der Waals surface area contributed by atoms with E-state index in [0.29, 0.717) is 0 Å². The minimum atomic E-state index is 0.738. The molecule has 3 aromatic rings. The van der Waals surface area contributed by atoms with Gasteiger partial charge in [-0.25, -0.2) is 9.97 Å². The number of hydrogen-bond donors (Lipinski definition) is 0. The first-order chi connectivity index (χ1) is 10.8. The zero-order chi connectivity index (χ0) is 14.9. The third-order valence-electron chi connectivity index (χ3n) is 3.80. The van der Waals surface area contributed by atoms with Crippen LogP contribution in [0.1, 0.15) is 0 Å². The van der Waals surface area contributed by atoms with Gasteiger partial charge in [0.15, 0.2) is 0 Å². The van der Waals surface area contributed by atoms with Gasteiger partial charge in [0.25, 0.3) is 0 Å². The quantitative estimate of drug-likeness (QED) is 0.715. The molecule has 0 radical (unpaired) electrons. The molecule has 3 heterocycles. The Morgan fingerprint density at radius 3 is 2.86 bits per heavy atom. The molecule has 0 aliphatic carbocycles. The largest absolute Gasteiger partial charge is 0.378 e. The van der Waals surface area contributed by atoms with Gasteiger partial charge in [-0.1, -0.05) is 23.7 Å². The van der Waals surface area contributed by atoms with Crippen LogP contribution in [-0.4, -0.2) is 36.3 Å². The average Bonchev–Trinajstić information content (AvgIpc) is 3.00. The van der Waals surface area contributed by atoms with Crippen LogP contribution in [0.25, 0.3) is 21.3 Å². The van der Waals surface area contributed by atoms with Gasteiger partial charge in [-0.2, -0.15) is 0 Å². The van der Waals surface area contributed by atoms with E-state index in [1.54, 1.807) is 17.7 Å². The molecule has 22 heavy (non-hydrogen) atoms. The molecular formula is C16H14ClN3OS. The van der Waals surface area contributed by atoms with Crippen LogP contribution in [0.15, 0.2) is 36.0 Å². The SMILES string of the molecule is Clc1cccc(-c2csc3ncnc(N4CCOCC4)c23)c1. The van der Waals surface area contributed by atoms with Crippen LogP contribution in [0.4, 0.5) is 5.82 Å². The smallest absolute Gasteiger partial charge is 0.141 e. The van der Waals surface area contributed by atoms with Crippen molar-refractivity contribution in [2.75, 3.05) is 31.2 Å². The Kier molecular flexibility index (Phi) is 3.70. The van der Waals surface area contributed by atoms with E-state index in [2.05, 4.69) is 26.3 Å². The highest BCUT2D eigenvalue weighted by Crippen LogP contribution is 2.38. The van der Waals surface area contributed by atoms with E-state index in [0.717, 1.165) is 58.5 Å². The lowest BCUT2D eigenvalue weighted by atomic mass is 10.1. The molecule has 1 fully saturated rings. The van der Waals surface area contributed by atoms with Crippen molar-refractivity contribution in [3.05, 3.63) is 41.0 Å². The number of aromatic nitrogens is 2. The molecule has 0 amide bonds. The van der Waals surface area contributed by atoms with Gasteiger partial charge in [0.05, 0.1) is 18.6 Å². The van der Waals surface area contributed by atoms with E-state index in [4.69, 9.17) is 16.3 Å². The molecule has 6 heteroatoms. The van der Waals surface area contributed by atoms with Crippen LogP contribution >= 0.6 is 22.9 Å². The highest BCUT2D eigenvalue weighted by molar-refractivity contribution is 7.17. The lowest BCUT2D eigenvalue weighted by molar-refractivity contribution is 0.122. The van der Waals surface area contributed by atoms with Gasteiger partial charge in [-0.3, -0.25) is 0 Å². The van der Waals surface area contributed by atoms with E-state index in [1.165, 1.54) is 0 Å². The molecular weight excluding hydrogens is 318 g/mol. The molecule has 4 rings (SSSR count). The van der Waals surface area contributed by atoms with E-state index in [9.17, 15) is 0 Å². The maximum atomic E-state index is 6.15. The highest BCUT2D eigenvalue weighted by atomic mass is 35.5. The topological polar surface area (TPSA) is 38.2 Å². The molecule has 2 aromatic heterocycles. The number of nitrogens with zero attached hydrogens (tertiary/aromatic N) is 3. The molecule has 0 atom stereocenters. The van der Waals surface area contributed by atoms with Gasteiger partial charge in [-0.05, 0) is 17.7 Å². The number of benzene rings is 1. The van der Waals surface area contributed by atoms with E-state index < -0.39 is 0 Å². The molecule has 0 saturated carbocycles. The van der Waals surface area contributed by atoms with E-state index in [-0.39, 0.29) is 0 Å². The summed E-state index contributed by atoms with van der Waals surface area (Å²) < 4.78 is 5.45. The van der Waals surface area contributed by atoms with Gasteiger partial charge >= 0.3 is 0 Å². The molecule has 1 aliphatic rings. The zero-order valence-electron chi connectivity index (χ0n) is 11.8. The number of ether oxygens (including phenoxy) is 1. The minimum Gasteiger partial charge on any atom is -0.378 e. The van der Waals surface area contributed by atoms with Gasteiger partial charge in [0.1, 0.15) is 17.0 Å². The second-order valence-electron chi connectivity index (χ2n) is 5.14. The second-order valence-corrected chi connectivity index (χ2v) is 6.43. The fraction of sp³-hybridized carbons (Fsp3) is 0.250. The summed E-state index contributed by atoms with van der Waals surface area (Å²) in [7, 11) is 0. The number of hydrogen-bond acceptors (Lipinski definition) is 5. The monoisotopic (exact) mass is 331 g/mol. The van der Waals surface area contributed by atoms with E-state index in [1.807, 2.05) is 18.2 Å². The summed E-state index contributed by atoms with van der Waals surface area (Å²) in [5.74, 6) is 0.990. The Hall–Kier alpha value is -1.69. The first-order valence-electron chi connectivity index (χ1n) is 7.14. The van der Waals surface area contributed by atoms with Crippen molar-refractivity contribution in [3.63, 3.8) is 0 Å². The van der Waals surface area contributed by atoms with Crippen molar-refractivity contribution in [2.45, 2.75) is 0 Å². The summed E-state index contributed by atoms with van der Waals surface area (Å²) in [5.41, 5.74) is 2.24. The first-order valence-corrected chi connectivity index (χ1v) is 8.39. The zero-order valence-corrected chi connectivity index (χ0v) is 13.4. The number of halogens is 1. The van der Waals surface area contributed by atoms with Crippen LogP contribution in [0, 0.1) is 0 Å². The predicted octanol–water partition coefficient (Wildman–Crippen LogP) is 3.85. The summed E-state index contributed by atoms with van der Waals surface area (Å²) in [6.07, 6.45) is 1.64. The van der Waals surface area contributed by atoms with Crippen LogP contribution in [-0.2, 0) is 4.74 Å². The molecule has 0 bridgehead atoms. The van der Waals surface area contributed by atoms with Crippen molar-refractivity contribution in [1.82, 2.24) is 9.97 Å². The molecule has 1 aliphatic heterocycles. The maximum Gasteiger partial charge on any atom is 0.141 e. The second kappa shape index (κ2) is 5.83. The molecule has 0 N–H and O–H groups in total. The van der Waals surface area contributed by atoms with Gasteiger partial charge < -0.3 is 9.64 Å². The van der Waals surface area contributed by atoms with Crippen molar-refractivity contribution in [1.29, 1.82) is 0 Å². The average molecular weight is 332 g/mol. The number of anilines is 1. The Bertz CT molecular complexity index is 814. The molecule has 4 nitrogen and oxygen atoms in total. The van der Waals surface area contributed by atoms with Crippen LogP contribution < -0.4 is 4.90 Å². The van der Waals surface area contributed by atoms with Crippen LogP contribution in [0.5, 0.6) is 0 Å². The number of thiophene rings is 1.